The number of hydroxylamine groups is 1. The Bertz CT molecular complexity index is 470. The van der Waals surface area contributed by atoms with Gasteiger partial charge in [0.2, 0.25) is 0 Å². The molecular formula is C14H18N2O3. The Balaban J connectivity index is 1.65. The summed E-state index contributed by atoms with van der Waals surface area (Å²) in [5.41, 5.74) is 4.06. The van der Waals surface area contributed by atoms with Gasteiger partial charge in [0.05, 0.1) is 19.1 Å². The van der Waals surface area contributed by atoms with Crippen molar-refractivity contribution < 1.29 is 14.4 Å². The third kappa shape index (κ3) is 2.30. The summed E-state index contributed by atoms with van der Waals surface area (Å²) in [7, 11) is 1.46. The Hall–Kier alpha value is -1.62. The van der Waals surface area contributed by atoms with E-state index < -0.39 is 0 Å². The SMILES string of the molecule is COC(=O)[C@H]1CC[C@H](C2NOc3cccnc32)CC1. The molecule has 1 fully saturated rings. The minimum atomic E-state index is -0.0763. The van der Waals surface area contributed by atoms with Gasteiger partial charge in [0, 0.05) is 6.20 Å². The highest BCUT2D eigenvalue weighted by molar-refractivity contribution is 5.72. The first-order valence-corrected chi connectivity index (χ1v) is 6.74. The fraction of sp³-hybridized carbons (Fsp3) is 0.571. The highest BCUT2D eigenvalue weighted by Gasteiger charge is 2.36. The van der Waals surface area contributed by atoms with Gasteiger partial charge in [-0.3, -0.25) is 9.78 Å². The zero-order valence-electron chi connectivity index (χ0n) is 11.0. The van der Waals surface area contributed by atoms with E-state index in [1.54, 1.807) is 6.20 Å². The van der Waals surface area contributed by atoms with Crippen molar-refractivity contribution in [2.24, 2.45) is 11.8 Å². The Kier molecular flexibility index (Phi) is 3.38. The number of rotatable bonds is 2. The third-order valence-corrected chi connectivity index (χ3v) is 4.17. The summed E-state index contributed by atoms with van der Waals surface area (Å²) in [5.74, 6) is 1.28. The number of pyridine rings is 1. The van der Waals surface area contributed by atoms with Crippen LogP contribution in [0.1, 0.15) is 37.4 Å². The van der Waals surface area contributed by atoms with E-state index in [2.05, 4.69) is 10.5 Å². The number of carbonyl (C=O) groups excluding carboxylic acids is 1. The van der Waals surface area contributed by atoms with E-state index in [9.17, 15) is 4.79 Å². The molecule has 0 bridgehead atoms. The predicted octanol–water partition coefficient (Wildman–Crippen LogP) is 2.00. The lowest BCUT2D eigenvalue weighted by atomic mass is 9.78. The smallest absolute Gasteiger partial charge is 0.308 e. The van der Waals surface area contributed by atoms with Crippen LogP contribution in [0.15, 0.2) is 18.3 Å². The summed E-state index contributed by atoms with van der Waals surface area (Å²) < 4.78 is 4.82. The number of aromatic nitrogens is 1. The molecule has 1 aliphatic carbocycles. The molecule has 1 aromatic rings. The summed E-state index contributed by atoms with van der Waals surface area (Å²) in [4.78, 5) is 21.4. The molecular weight excluding hydrogens is 244 g/mol. The van der Waals surface area contributed by atoms with Gasteiger partial charge in [-0.2, -0.15) is 0 Å². The van der Waals surface area contributed by atoms with Crippen molar-refractivity contribution in [1.82, 2.24) is 10.5 Å². The Labute approximate surface area is 112 Å². The summed E-state index contributed by atoms with van der Waals surface area (Å²) in [6, 6.07) is 3.95. The second-order valence-electron chi connectivity index (χ2n) is 5.22. The largest absolute Gasteiger partial charge is 0.469 e. The first-order valence-electron chi connectivity index (χ1n) is 6.74. The van der Waals surface area contributed by atoms with Gasteiger partial charge in [0.15, 0.2) is 5.75 Å². The van der Waals surface area contributed by atoms with Gasteiger partial charge in [-0.1, -0.05) is 0 Å². The van der Waals surface area contributed by atoms with Crippen molar-refractivity contribution in [3.8, 4) is 5.75 Å². The molecule has 1 unspecified atom stereocenters. The monoisotopic (exact) mass is 262 g/mol. The number of methoxy groups -OCH3 is 1. The van der Waals surface area contributed by atoms with E-state index in [4.69, 9.17) is 9.57 Å². The Morgan fingerprint density at radius 1 is 1.42 bits per heavy atom. The minimum absolute atomic E-state index is 0.0618. The van der Waals surface area contributed by atoms with Gasteiger partial charge in [0.1, 0.15) is 5.69 Å². The Morgan fingerprint density at radius 2 is 2.21 bits per heavy atom. The van der Waals surface area contributed by atoms with E-state index in [0.717, 1.165) is 37.1 Å². The molecule has 1 saturated carbocycles. The molecule has 3 rings (SSSR count). The van der Waals surface area contributed by atoms with Gasteiger partial charge in [-0.05, 0) is 43.7 Å². The van der Waals surface area contributed by atoms with Gasteiger partial charge in [0.25, 0.3) is 0 Å². The van der Waals surface area contributed by atoms with Crippen molar-refractivity contribution in [2.75, 3.05) is 7.11 Å². The summed E-state index contributed by atoms with van der Waals surface area (Å²) in [6.07, 6.45) is 5.56. The van der Waals surface area contributed by atoms with E-state index in [-0.39, 0.29) is 17.9 Å². The summed E-state index contributed by atoms with van der Waals surface area (Å²) in [6.45, 7) is 0. The fourth-order valence-corrected chi connectivity index (χ4v) is 3.08. The van der Waals surface area contributed by atoms with E-state index in [1.807, 2.05) is 12.1 Å². The van der Waals surface area contributed by atoms with Crippen molar-refractivity contribution in [1.29, 1.82) is 0 Å². The average molecular weight is 262 g/mol. The number of nitrogens with one attached hydrogen (secondary N) is 1. The highest BCUT2D eigenvalue weighted by Crippen LogP contribution is 2.41. The quantitative estimate of drug-likeness (QED) is 0.826. The number of carbonyl (C=O) groups is 1. The molecule has 5 nitrogen and oxygen atoms in total. The molecule has 19 heavy (non-hydrogen) atoms. The maximum absolute atomic E-state index is 11.5. The van der Waals surface area contributed by atoms with Crippen LogP contribution in [0.3, 0.4) is 0 Å². The molecule has 2 heterocycles. The summed E-state index contributed by atoms with van der Waals surface area (Å²) >= 11 is 0. The molecule has 0 spiro atoms. The normalized spacial score (nSPS) is 29.4. The molecule has 0 aromatic carbocycles. The molecule has 5 heteroatoms. The molecule has 1 atom stereocenters. The van der Waals surface area contributed by atoms with Crippen LogP contribution in [0.2, 0.25) is 0 Å². The predicted molar refractivity (Wildman–Crippen MR) is 68.2 cm³/mol. The number of hydrogen-bond donors (Lipinski definition) is 1. The fourth-order valence-electron chi connectivity index (χ4n) is 3.08. The summed E-state index contributed by atoms with van der Waals surface area (Å²) in [5, 5.41) is 0. The van der Waals surface area contributed by atoms with Crippen molar-refractivity contribution in [3.63, 3.8) is 0 Å². The van der Waals surface area contributed by atoms with Crippen LogP contribution in [0, 0.1) is 11.8 Å². The first kappa shape index (κ1) is 12.4. The van der Waals surface area contributed by atoms with Crippen LogP contribution in [-0.2, 0) is 9.53 Å². The average Bonchev–Trinajstić information content (AvgIpc) is 2.90. The Morgan fingerprint density at radius 3 is 2.95 bits per heavy atom. The molecule has 1 N–H and O–H groups in total. The molecule has 2 aliphatic rings. The number of esters is 1. The topological polar surface area (TPSA) is 60.5 Å². The van der Waals surface area contributed by atoms with Crippen LogP contribution in [0.4, 0.5) is 0 Å². The van der Waals surface area contributed by atoms with Crippen molar-refractivity contribution >= 4 is 5.97 Å². The van der Waals surface area contributed by atoms with E-state index >= 15 is 0 Å². The lowest BCUT2D eigenvalue weighted by molar-refractivity contribution is -0.146. The maximum atomic E-state index is 11.5. The zero-order valence-corrected chi connectivity index (χ0v) is 11.0. The number of hydrogen-bond acceptors (Lipinski definition) is 5. The standard InChI is InChI=1S/C14H18N2O3/c1-18-14(17)10-6-4-9(5-7-10)12-13-11(19-16-12)3-2-8-15-13/h2-3,8-10,12,16H,4-7H2,1H3/t9-,10-,12?. The third-order valence-electron chi connectivity index (χ3n) is 4.17. The van der Waals surface area contributed by atoms with Gasteiger partial charge < -0.3 is 9.57 Å². The second-order valence-corrected chi connectivity index (χ2v) is 5.22. The molecule has 0 radical (unpaired) electrons. The molecule has 1 aliphatic heterocycles. The molecule has 0 amide bonds. The maximum Gasteiger partial charge on any atom is 0.308 e. The van der Waals surface area contributed by atoms with Crippen LogP contribution >= 0.6 is 0 Å². The number of ether oxygens (including phenoxy) is 1. The van der Waals surface area contributed by atoms with Gasteiger partial charge >= 0.3 is 5.97 Å². The minimum Gasteiger partial charge on any atom is -0.469 e. The van der Waals surface area contributed by atoms with Crippen LogP contribution in [0.25, 0.3) is 0 Å². The second kappa shape index (κ2) is 5.17. The van der Waals surface area contributed by atoms with Crippen LogP contribution in [0.5, 0.6) is 5.75 Å². The molecule has 0 saturated heterocycles. The van der Waals surface area contributed by atoms with Gasteiger partial charge in [-0.15, -0.1) is 5.48 Å². The lowest BCUT2D eigenvalue weighted by Gasteiger charge is -2.29. The van der Waals surface area contributed by atoms with Gasteiger partial charge in [-0.25, -0.2) is 0 Å². The van der Waals surface area contributed by atoms with Crippen molar-refractivity contribution in [3.05, 3.63) is 24.0 Å². The molecule has 102 valence electrons. The lowest BCUT2D eigenvalue weighted by Crippen LogP contribution is -2.30. The van der Waals surface area contributed by atoms with Crippen LogP contribution < -0.4 is 10.3 Å². The first-order chi connectivity index (χ1) is 9.29. The van der Waals surface area contributed by atoms with E-state index in [0.29, 0.717) is 5.92 Å². The van der Waals surface area contributed by atoms with Crippen LogP contribution in [-0.4, -0.2) is 18.1 Å². The molecule has 1 aromatic heterocycles. The zero-order chi connectivity index (χ0) is 13.2. The van der Waals surface area contributed by atoms with Crippen molar-refractivity contribution in [2.45, 2.75) is 31.7 Å². The number of nitrogens with zero attached hydrogens (tertiary/aromatic N) is 1. The highest BCUT2D eigenvalue weighted by atomic mass is 16.7. The number of fused-ring (bicyclic) bond motifs is 1. The van der Waals surface area contributed by atoms with E-state index in [1.165, 1.54) is 7.11 Å².